The molecule has 0 aliphatic carbocycles. The van der Waals surface area contributed by atoms with E-state index in [4.69, 9.17) is 0 Å². The monoisotopic (exact) mass is 496 g/mol. The third kappa shape index (κ3) is 5.75. The molecule has 0 atom stereocenters. The summed E-state index contributed by atoms with van der Waals surface area (Å²) in [4.78, 5) is 12.3. The van der Waals surface area contributed by atoms with Gasteiger partial charge >= 0.3 is 0 Å². The van der Waals surface area contributed by atoms with Crippen molar-refractivity contribution in [2.45, 2.75) is 23.6 Å². The molecular weight excluding hydrogens is 476 g/mol. The van der Waals surface area contributed by atoms with E-state index in [1.807, 2.05) is 24.3 Å². The van der Waals surface area contributed by atoms with Gasteiger partial charge in [-0.2, -0.15) is 5.10 Å². The lowest BCUT2D eigenvalue weighted by Gasteiger charge is -2.15. The number of thiophene rings is 1. The first-order valence-electron chi connectivity index (χ1n) is 8.92. The quantitative estimate of drug-likeness (QED) is 0.488. The number of sulfonamides is 1. The van der Waals surface area contributed by atoms with Gasteiger partial charge in [0.15, 0.2) is 0 Å². The van der Waals surface area contributed by atoms with Crippen LogP contribution in [-0.2, 0) is 21.4 Å². The molecule has 29 heavy (non-hydrogen) atoms. The lowest BCUT2D eigenvalue weighted by atomic mass is 10.2. The average molecular weight is 497 g/mol. The van der Waals surface area contributed by atoms with E-state index in [-0.39, 0.29) is 18.9 Å². The van der Waals surface area contributed by atoms with Crippen LogP contribution in [0.5, 0.6) is 0 Å². The summed E-state index contributed by atoms with van der Waals surface area (Å²) in [6.45, 7) is 0.809. The number of carbonyl (C=O) groups excluding carboxylic acids is 1. The predicted octanol–water partition coefficient (Wildman–Crippen LogP) is 3.79. The number of amides is 1. The van der Waals surface area contributed by atoms with Crippen LogP contribution in [0.15, 0.2) is 62.7 Å². The van der Waals surface area contributed by atoms with E-state index in [2.05, 4.69) is 26.3 Å². The number of nitrogens with zero attached hydrogens (tertiary/aromatic N) is 3. The fourth-order valence-corrected chi connectivity index (χ4v) is 5.35. The number of aromatic nitrogens is 2. The Morgan fingerprint density at radius 3 is 2.69 bits per heavy atom. The van der Waals surface area contributed by atoms with E-state index < -0.39 is 10.0 Å². The van der Waals surface area contributed by atoms with Crippen LogP contribution in [0.1, 0.15) is 18.4 Å². The molecule has 0 unspecified atom stereocenters. The van der Waals surface area contributed by atoms with Crippen LogP contribution < -0.4 is 5.32 Å². The summed E-state index contributed by atoms with van der Waals surface area (Å²) in [5.74, 6) is 0.432. The van der Waals surface area contributed by atoms with Crippen molar-refractivity contribution in [2.75, 3.05) is 18.9 Å². The third-order valence-electron chi connectivity index (χ3n) is 4.27. The Bertz CT molecular complexity index is 1050. The van der Waals surface area contributed by atoms with Gasteiger partial charge in [-0.15, -0.1) is 11.3 Å². The first-order valence-corrected chi connectivity index (χ1v) is 12.0. The van der Waals surface area contributed by atoms with E-state index in [0.29, 0.717) is 23.0 Å². The van der Waals surface area contributed by atoms with Crippen LogP contribution in [0.3, 0.4) is 0 Å². The van der Waals surface area contributed by atoms with Crippen molar-refractivity contribution in [3.05, 3.63) is 64.1 Å². The lowest BCUT2D eigenvalue weighted by Crippen LogP contribution is -2.28. The topological polar surface area (TPSA) is 84.3 Å². The van der Waals surface area contributed by atoms with Crippen LogP contribution in [-0.4, -0.2) is 42.0 Å². The number of hydrogen-bond acceptors (Lipinski definition) is 5. The zero-order valence-corrected chi connectivity index (χ0v) is 19.0. The minimum Gasteiger partial charge on any atom is -0.311 e. The van der Waals surface area contributed by atoms with E-state index in [1.165, 1.54) is 22.7 Å². The first kappa shape index (κ1) is 21.7. The van der Waals surface area contributed by atoms with Crippen molar-refractivity contribution < 1.29 is 13.2 Å². The van der Waals surface area contributed by atoms with Crippen molar-refractivity contribution >= 4 is 49.0 Å². The normalized spacial score (nSPS) is 11.7. The molecule has 2 aromatic heterocycles. The maximum absolute atomic E-state index is 12.4. The van der Waals surface area contributed by atoms with E-state index >= 15 is 0 Å². The number of rotatable bonds is 9. The summed E-state index contributed by atoms with van der Waals surface area (Å²) >= 11 is 4.59. The molecule has 0 fully saturated rings. The molecule has 0 saturated heterocycles. The largest absolute Gasteiger partial charge is 0.311 e. The maximum Gasteiger partial charge on any atom is 0.252 e. The molecule has 1 N–H and O–H groups in total. The molecule has 1 amide bonds. The van der Waals surface area contributed by atoms with Gasteiger partial charge in [0.1, 0.15) is 10.0 Å². The molecule has 7 nitrogen and oxygen atoms in total. The Balaban J connectivity index is 1.50. The molecule has 3 rings (SSSR count). The third-order valence-corrected chi connectivity index (χ3v) is 8.02. The number of nitrogens with one attached hydrogen (secondary N) is 1. The van der Waals surface area contributed by atoms with Crippen molar-refractivity contribution in [2.24, 2.45) is 0 Å². The highest BCUT2D eigenvalue weighted by Gasteiger charge is 2.21. The van der Waals surface area contributed by atoms with Gasteiger partial charge in [0.05, 0.1) is 12.7 Å². The standard InChI is InChI=1S/C19H21BrN4O3S2/c1-23(29(26,27)19-5-3-13-28-19)12-2-4-18(25)22-17-10-11-21-24(17)14-15-6-8-16(20)9-7-15/h3,5-11,13H,2,4,12,14H2,1H3,(H,22,25). The highest BCUT2D eigenvalue weighted by Crippen LogP contribution is 2.20. The number of hydrogen-bond donors (Lipinski definition) is 1. The second-order valence-corrected chi connectivity index (χ2v) is 10.5. The van der Waals surface area contributed by atoms with Gasteiger partial charge in [-0.25, -0.2) is 17.4 Å². The molecule has 0 saturated carbocycles. The Morgan fingerprint density at radius 1 is 1.24 bits per heavy atom. The summed E-state index contributed by atoms with van der Waals surface area (Å²) in [5.41, 5.74) is 1.06. The second-order valence-electron chi connectivity index (χ2n) is 6.41. The van der Waals surface area contributed by atoms with Crippen molar-refractivity contribution in [1.29, 1.82) is 0 Å². The van der Waals surface area contributed by atoms with E-state index in [9.17, 15) is 13.2 Å². The molecule has 154 valence electrons. The second kappa shape index (κ2) is 9.66. The number of anilines is 1. The highest BCUT2D eigenvalue weighted by molar-refractivity contribution is 9.10. The number of benzene rings is 1. The lowest BCUT2D eigenvalue weighted by molar-refractivity contribution is -0.116. The fourth-order valence-electron chi connectivity index (χ4n) is 2.68. The molecule has 0 aliphatic heterocycles. The summed E-state index contributed by atoms with van der Waals surface area (Å²) in [5, 5.41) is 8.84. The summed E-state index contributed by atoms with van der Waals surface area (Å²) in [6, 6.07) is 12.9. The fraction of sp³-hybridized carbons (Fsp3) is 0.263. The molecule has 0 bridgehead atoms. The first-order chi connectivity index (χ1) is 13.9. The van der Waals surface area contributed by atoms with Crippen LogP contribution >= 0.6 is 27.3 Å². The zero-order valence-electron chi connectivity index (χ0n) is 15.8. The molecule has 3 aromatic rings. The maximum atomic E-state index is 12.4. The number of halogens is 1. The summed E-state index contributed by atoms with van der Waals surface area (Å²) in [7, 11) is -1.96. The smallest absolute Gasteiger partial charge is 0.252 e. The van der Waals surface area contributed by atoms with Gasteiger partial charge in [0.2, 0.25) is 5.91 Å². The van der Waals surface area contributed by atoms with Crippen LogP contribution in [0.4, 0.5) is 5.82 Å². The Hall–Kier alpha value is -2.01. The highest BCUT2D eigenvalue weighted by atomic mass is 79.9. The van der Waals surface area contributed by atoms with Gasteiger partial charge < -0.3 is 5.32 Å². The van der Waals surface area contributed by atoms with Gasteiger partial charge in [-0.3, -0.25) is 4.79 Å². The predicted molar refractivity (Wildman–Crippen MR) is 117 cm³/mol. The van der Waals surface area contributed by atoms with Crippen LogP contribution in [0.25, 0.3) is 0 Å². The van der Waals surface area contributed by atoms with Crippen molar-refractivity contribution in [3.8, 4) is 0 Å². The zero-order chi connectivity index (χ0) is 20.9. The van der Waals surface area contributed by atoms with Crippen LogP contribution in [0.2, 0.25) is 0 Å². The van der Waals surface area contributed by atoms with Gasteiger partial charge in [0.25, 0.3) is 10.0 Å². The van der Waals surface area contributed by atoms with Gasteiger partial charge in [-0.05, 0) is 35.6 Å². The van der Waals surface area contributed by atoms with Crippen LogP contribution in [0, 0.1) is 0 Å². The molecule has 10 heteroatoms. The molecule has 0 aliphatic rings. The van der Waals surface area contributed by atoms with Crippen molar-refractivity contribution in [1.82, 2.24) is 14.1 Å². The van der Waals surface area contributed by atoms with Gasteiger partial charge in [0, 0.05) is 30.6 Å². The molecule has 2 heterocycles. The molecule has 1 aromatic carbocycles. The average Bonchev–Trinajstić information content (AvgIpc) is 3.36. The Kier molecular flexibility index (Phi) is 7.23. The van der Waals surface area contributed by atoms with E-state index in [0.717, 1.165) is 10.0 Å². The Morgan fingerprint density at radius 2 is 2.00 bits per heavy atom. The minimum atomic E-state index is -3.49. The molecule has 0 spiro atoms. The minimum absolute atomic E-state index is 0.176. The van der Waals surface area contributed by atoms with Crippen molar-refractivity contribution in [3.63, 3.8) is 0 Å². The molecule has 0 radical (unpaired) electrons. The van der Waals surface area contributed by atoms with Gasteiger partial charge in [-0.1, -0.05) is 34.1 Å². The van der Waals surface area contributed by atoms with E-state index in [1.54, 1.807) is 34.5 Å². The SMILES string of the molecule is CN(CCCC(=O)Nc1ccnn1Cc1ccc(Br)cc1)S(=O)(=O)c1cccs1. The summed E-state index contributed by atoms with van der Waals surface area (Å²) in [6.07, 6.45) is 2.28. The Labute approximate surface area is 182 Å². The molecular formula is C19H21BrN4O3S2. The number of carbonyl (C=O) groups is 1. The summed E-state index contributed by atoms with van der Waals surface area (Å²) < 4.78 is 29.1.